The van der Waals surface area contributed by atoms with Crippen molar-refractivity contribution in [3.63, 3.8) is 0 Å². The summed E-state index contributed by atoms with van der Waals surface area (Å²) >= 11 is 0. The van der Waals surface area contributed by atoms with Crippen molar-refractivity contribution >= 4 is 27.8 Å². The summed E-state index contributed by atoms with van der Waals surface area (Å²) in [7, 11) is 0. The lowest BCUT2D eigenvalue weighted by Crippen LogP contribution is -2.01. The molecule has 3 N–H and O–H groups in total. The number of halogens is 2. The van der Waals surface area contributed by atoms with E-state index in [1.807, 2.05) is 0 Å². The molecule has 0 unspecified atom stereocenters. The summed E-state index contributed by atoms with van der Waals surface area (Å²) in [4.78, 5) is 4.00. The van der Waals surface area contributed by atoms with Crippen LogP contribution >= 0.6 is 0 Å². The van der Waals surface area contributed by atoms with Gasteiger partial charge in [0.1, 0.15) is 17.3 Å². The Balaban J connectivity index is 2.10. The molecule has 5 heteroatoms. The van der Waals surface area contributed by atoms with Crippen LogP contribution in [0, 0.1) is 11.6 Å². The van der Waals surface area contributed by atoms with E-state index in [4.69, 9.17) is 5.73 Å². The number of fused-ring (bicyclic) bond motifs is 1. The Hall–Kier alpha value is -2.69. The first kappa shape index (κ1) is 12.3. The summed E-state index contributed by atoms with van der Waals surface area (Å²) in [6.07, 6.45) is 3.30. The van der Waals surface area contributed by atoms with Gasteiger partial charge in [0.2, 0.25) is 0 Å². The van der Waals surface area contributed by atoms with Gasteiger partial charge in [-0.2, -0.15) is 0 Å². The number of nitrogens with two attached hydrogens (primary N) is 1. The van der Waals surface area contributed by atoms with E-state index in [0.29, 0.717) is 11.4 Å². The second kappa shape index (κ2) is 4.77. The highest BCUT2D eigenvalue weighted by molar-refractivity contribution is 5.99. The number of para-hydroxylation sites is 1. The predicted octanol–water partition coefficient (Wildman–Crippen LogP) is 3.84. The van der Waals surface area contributed by atoms with Crippen LogP contribution in [0.4, 0.5) is 25.8 Å². The summed E-state index contributed by atoms with van der Waals surface area (Å²) in [5.41, 5.74) is 6.69. The molecule has 0 aliphatic heterocycles. The van der Waals surface area contributed by atoms with Crippen molar-refractivity contribution < 1.29 is 8.78 Å². The second-order valence-electron chi connectivity index (χ2n) is 4.35. The van der Waals surface area contributed by atoms with Crippen LogP contribution in [-0.2, 0) is 0 Å². The molecule has 3 rings (SSSR count). The zero-order valence-electron chi connectivity index (χ0n) is 10.4. The van der Waals surface area contributed by atoms with Gasteiger partial charge in [-0.05, 0) is 24.3 Å². The van der Waals surface area contributed by atoms with E-state index in [0.717, 1.165) is 10.8 Å². The minimum absolute atomic E-state index is 0.215. The first-order valence-electron chi connectivity index (χ1n) is 6.00. The largest absolute Gasteiger partial charge is 0.397 e. The van der Waals surface area contributed by atoms with Gasteiger partial charge in [-0.25, -0.2) is 8.78 Å². The quantitative estimate of drug-likeness (QED) is 0.696. The van der Waals surface area contributed by atoms with E-state index < -0.39 is 11.6 Å². The Bertz CT molecular complexity index is 767. The van der Waals surface area contributed by atoms with E-state index in [9.17, 15) is 8.78 Å². The fourth-order valence-electron chi connectivity index (χ4n) is 2.05. The van der Waals surface area contributed by atoms with Gasteiger partial charge in [-0.1, -0.05) is 12.1 Å². The molecule has 3 nitrogen and oxygen atoms in total. The van der Waals surface area contributed by atoms with Gasteiger partial charge in [0.25, 0.3) is 0 Å². The SMILES string of the molecule is Nc1c(Nc2c(F)cccc2F)ccc2cnccc12. The van der Waals surface area contributed by atoms with Crippen LogP contribution in [-0.4, -0.2) is 4.98 Å². The number of hydrogen-bond donors (Lipinski definition) is 2. The summed E-state index contributed by atoms with van der Waals surface area (Å²) in [5.74, 6) is -1.33. The van der Waals surface area contributed by atoms with E-state index >= 15 is 0 Å². The van der Waals surface area contributed by atoms with Gasteiger partial charge in [0.15, 0.2) is 0 Å². The number of pyridine rings is 1. The maximum atomic E-state index is 13.6. The number of rotatable bonds is 2. The number of nitrogens with zero attached hydrogens (tertiary/aromatic N) is 1. The van der Waals surface area contributed by atoms with Gasteiger partial charge in [-0.15, -0.1) is 0 Å². The predicted molar refractivity (Wildman–Crippen MR) is 75.8 cm³/mol. The molecule has 0 aliphatic carbocycles. The fraction of sp³-hybridized carbons (Fsp3) is 0. The Morgan fingerprint density at radius 2 is 1.75 bits per heavy atom. The third-order valence-electron chi connectivity index (χ3n) is 3.08. The number of nitrogen functional groups attached to an aromatic ring is 1. The molecule has 3 aromatic rings. The molecule has 0 radical (unpaired) electrons. The fourth-order valence-corrected chi connectivity index (χ4v) is 2.05. The molecular formula is C15H11F2N3. The smallest absolute Gasteiger partial charge is 0.149 e. The summed E-state index contributed by atoms with van der Waals surface area (Å²) in [6, 6.07) is 8.91. The Kier molecular flexibility index (Phi) is 2.95. The monoisotopic (exact) mass is 271 g/mol. The summed E-state index contributed by atoms with van der Waals surface area (Å²) < 4.78 is 27.3. The van der Waals surface area contributed by atoms with Crippen molar-refractivity contribution in [2.24, 2.45) is 0 Å². The molecule has 1 heterocycles. The zero-order valence-corrected chi connectivity index (χ0v) is 10.4. The Labute approximate surface area is 114 Å². The third-order valence-corrected chi connectivity index (χ3v) is 3.08. The molecule has 0 bridgehead atoms. The van der Waals surface area contributed by atoms with E-state index in [2.05, 4.69) is 10.3 Å². The minimum atomic E-state index is -0.667. The van der Waals surface area contributed by atoms with Gasteiger partial charge < -0.3 is 11.1 Å². The average Bonchev–Trinajstić information content (AvgIpc) is 2.45. The maximum Gasteiger partial charge on any atom is 0.149 e. The number of aromatic nitrogens is 1. The molecule has 20 heavy (non-hydrogen) atoms. The molecular weight excluding hydrogens is 260 g/mol. The normalized spacial score (nSPS) is 10.7. The number of benzene rings is 2. The van der Waals surface area contributed by atoms with Crippen molar-refractivity contribution in [1.29, 1.82) is 0 Å². The van der Waals surface area contributed by atoms with E-state index in [1.54, 1.807) is 30.6 Å². The van der Waals surface area contributed by atoms with Crippen LogP contribution in [0.5, 0.6) is 0 Å². The molecule has 0 saturated carbocycles. The molecule has 0 saturated heterocycles. The number of hydrogen-bond acceptors (Lipinski definition) is 3. The summed E-state index contributed by atoms with van der Waals surface area (Å²) in [5, 5.41) is 4.35. The van der Waals surface area contributed by atoms with Gasteiger partial charge in [-0.3, -0.25) is 4.98 Å². The Morgan fingerprint density at radius 1 is 1.00 bits per heavy atom. The molecule has 1 aromatic heterocycles. The van der Waals surface area contributed by atoms with Gasteiger partial charge in [0.05, 0.1) is 11.4 Å². The van der Waals surface area contributed by atoms with Crippen LogP contribution in [0.15, 0.2) is 48.8 Å². The third kappa shape index (κ3) is 2.03. The molecule has 0 atom stereocenters. The van der Waals surface area contributed by atoms with Gasteiger partial charge >= 0.3 is 0 Å². The standard InChI is InChI=1S/C15H11F2N3/c16-11-2-1-3-12(17)15(11)20-13-5-4-9-8-19-7-6-10(9)14(13)18/h1-8,20H,18H2. The van der Waals surface area contributed by atoms with Crippen molar-refractivity contribution in [3.8, 4) is 0 Å². The van der Waals surface area contributed by atoms with Gasteiger partial charge in [0, 0.05) is 23.2 Å². The number of nitrogens with one attached hydrogen (secondary N) is 1. The van der Waals surface area contributed by atoms with Crippen molar-refractivity contribution in [2.75, 3.05) is 11.1 Å². The zero-order chi connectivity index (χ0) is 14.1. The molecule has 0 spiro atoms. The highest BCUT2D eigenvalue weighted by atomic mass is 19.1. The first-order valence-corrected chi connectivity index (χ1v) is 6.00. The first-order chi connectivity index (χ1) is 9.66. The lowest BCUT2D eigenvalue weighted by molar-refractivity contribution is 0.591. The summed E-state index contributed by atoms with van der Waals surface area (Å²) in [6.45, 7) is 0. The lowest BCUT2D eigenvalue weighted by Gasteiger charge is -2.12. The van der Waals surface area contributed by atoms with Crippen LogP contribution in [0.2, 0.25) is 0 Å². The van der Waals surface area contributed by atoms with Crippen LogP contribution in [0.1, 0.15) is 0 Å². The molecule has 100 valence electrons. The van der Waals surface area contributed by atoms with E-state index in [1.165, 1.54) is 18.2 Å². The molecule has 0 fully saturated rings. The number of anilines is 3. The minimum Gasteiger partial charge on any atom is -0.397 e. The topological polar surface area (TPSA) is 50.9 Å². The maximum absolute atomic E-state index is 13.6. The molecule has 0 aliphatic rings. The highest BCUT2D eigenvalue weighted by Crippen LogP contribution is 2.32. The van der Waals surface area contributed by atoms with Crippen LogP contribution < -0.4 is 11.1 Å². The Morgan fingerprint density at radius 3 is 2.50 bits per heavy atom. The average molecular weight is 271 g/mol. The van der Waals surface area contributed by atoms with E-state index in [-0.39, 0.29) is 5.69 Å². The molecule has 2 aromatic carbocycles. The van der Waals surface area contributed by atoms with Crippen molar-refractivity contribution in [3.05, 3.63) is 60.4 Å². The van der Waals surface area contributed by atoms with Crippen LogP contribution in [0.3, 0.4) is 0 Å². The van der Waals surface area contributed by atoms with Crippen molar-refractivity contribution in [2.45, 2.75) is 0 Å². The molecule has 0 amide bonds. The lowest BCUT2D eigenvalue weighted by atomic mass is 10.1. The van der Waals surface area contributed by atoms with Crippen LogP contribution in [0.25, 0.3) is 10.8 Å². The second-order valence-corrected chi connectivity index (χ2v) is 4.35. The highest BCUT2D eigenvalue weighted by Gasteiger charge is 2.11. The van der Waals surface area contributed by atoms with Crippen molar-refractivity contribution in [1.82, 2.24) is 4.98 Å².